The standard InChI is InChI=1S/C11H8Cl2N2O2S/c12-7-1-3-8(4-2-7)18(17)6-10-9(13)5-14-11(16)15-10/h1-5H,6H2,(H,14,15,16). The van der Waals surface area contributed by atoms with Crippen molar-refractivity contribution >= 4 is 34.4 Å². The number of benzene rings is 1. The summed E-state index contributed by atoms with van der Waals surface area (Å²) in [7, 11) is 0. The van der Waals surface area contributed by atoms with Crippen molar-refractivity contribution in [2.24, 2.45) is 0 Å². The number of nitrogens with zero attached hydrogens (tertiary/aromatic N) is 1. The highest BCUT2D eigenvalue weighted by molar-refractivity contribution is 7.90. The number of nitrogens with one attached hydrogen (secondary N) is 1. The molecule has 1 N–H and O–H groups in total. The van der Waals surface area contributed by atoms with Crippen LogP contribution in [0.3, 0.4) is 0 Å². The Morgan fingerprint density at radius 1 is 1.28 bits per heavy atom. The van der Waals surface area contributed by atoms with Gasteiger partial charge in [-0.05, 0) is 35.4 Å². The zero-order valence-corrected chi connectivity index (χ0v) is 11.4. The van der Waals surface area contributed by atoms with Crippen LogP contribution in [0.1, 0.15) is 5.69 Å². The molecule has 0 aliphatic heterocycles. The van der Waals surface area contributed by atoms with Crippen LogP contribution in [-0.4, -0.2) is 14.5 Å². The number of H-pyrrole nitrogens is 1. The van der Waals surface area contributed by atoms with Crippen molar-refractivity contribution in [2.45, 2.75) is 10.6 Å². The maximum atomic E-state index is 12.0. The fourth-order valence-electron chi connectivity index (χ4n) is 1.31. The van der Waals surface area contributed by atoms with Gasteiger partial charge >= 0.3 is 5.69 Å². The fourth-order valence-corrected chi connectivity index (χ4v) is 2.76. The quantitative estimate of drug-likeness (QED) is 0.885. The number of aromatic nitrogens is 2. The second-order valence-electron chi connectivity index (χ2n) is 3.44. The monoisotopic (exact) mass is 302 g/mol. The fraction of sp³-hybridized carbons (Fsp3) is 0.0909. The first-order chi connectivity index (χ1) is 8.56. The molecule has 2 aromatic rings. The predicted molar refractivity (Wildman–Crippen MR) is 71.4 cm³/mol. The van der Waals surface area contributed by atoms with Gasteiger partial charge in [-0.3, -0.25) is 0 Å². The summed E-state index contributed by atoms with van der Waals surface area (Å²) < 4.78 is 12.0. The van der Waals surface area contributed by atoms with Crippen LogP contribution in [0.2, 0.25) is 10.0 Å². The average molecular weight is 303 g/mol. The molecule has 1 aromatic carbocycles. The van der Waals surface area contributed by atoms with Crippen molar-refractivity contribution in [3.63, 3.8) is 0 Å². The molecule has 0 spiro atoms. The largest absolute Gasteiger partial charge is 0.611 e. The second-order valence-corrected chi connectivity index (χ2v) is 5.74. The van der Waals surface area contributed by atoms with E-state index in [0.717, 1.165) is 0 Å². The van der Waals surface area contributed by atoms with Crippen LogP contribution >= 0.6 is 23.2 Å². The molecule has 94 valence electrons. The van der Waals surface area contributed by atoms with Gasteiger partial charge in [0, 0.05) is 11.2 Å². The third-order valence-corrected chi connectivity index (χ3v) is 4.09. The first kappa shape index (κ1) is 13.4. The average Bonchev–Trinajstić information content (AvgIpc) is 2.34. The van der Waals surface area contributed by atoms with E-state index < -0.39 is 16.9 Å². The first-order valence-electron chi connectivity index (χ1n) is 4.94. The van der Waals surface area contributed by atoms with Gasteiger partial charge in [-0.2, -0.15) is 4.98 Å². The Bertz CT molecular complexity index is 601. The van der Waals surface area contributed by atoms with Crippen molar-refractivity contribution in [2.75, 3.05) is 0 Å². The normalized spacial score (nSPS) is 12.4. The van der Waals surface area contributed by atoms with Gasteiger partial charge in [-0.15, -0.1) is 0 Å². The van der Waals surface area contributed by atoms with Crippen molar-refractivity contribution in [1.82, 2.24) is 9.97 Å². The minimum Gasteiger partial charge on any atom is -0.611 e. The molecule has 1 atom stereocenters. The zero-order chi connectivity index (χ0) is 13.1. The number of hydrogen-bond donors (Lipinski definition) is 1. The summed E-state index contributed by atoms with van der Waals surface area (Å²) in [6, 6.07) is 6.64. The van der Waals surface area contributed by atoms with E-state index in [1.807, 2.05) is 0 Å². The third kappa shape index (κ3) is 3.26. The minimum atomic E-state index is -1.32. The van der Waals surface area contributed by atoms with Crippen molar-refractivity contribution in [3.05, 3.63) is 56.7 Å². The number of halogens is 2. The molecule has 0 amide bonds. The van der Waals surface area contributed by atoms with Crippen molar-refractivity contribution in [3.8, 4) is 0 Å². The molecule has 0 aliphatic carbocycles. The van der Waals surface area contributed by atoms with E-state index in [-0.39, 0.29) is 10.8 Å². The second kappa shape index (κ2) is 5.75. The predicted octanol–water partition coefficient (Wildman–Crippen LogP) is 2.38. The lowest BCUT2D eigenvalue weighted by atomic mass is 10.4. The highest BCUT2D eigenvalue weighted by atomic mass is 35.5. The van der Waals surface area contributed by atoms with Crippen LogP contribution in [0.25, 0.3) is 0 Å². The van der Waals surface area contributed by atoms with Crippen molar-refractivity contribution < 1.29 is 4.55 Å². The van der Waals surface area contributed by atoms with Crippen LogP contribution in [0.15, 0.2) is 40.2 Å². The Kier molecular flexibility index (Phi) is 4.29. The van der Waals surface area contributed by atoms with E-state index in [4.69, 9.17) is 23.2 Å². The van der Waals surface area contributed by atoms with E-state index in [9.17, 15) is 9.35 Å². The lowest BCUT2D eigenvalue weighted by Gasteiger charge is -2.10. The number of rotatable bonds is 3. The van der Waals surface area contributed by atoms with E-state index in [1.165, 1.54) is 6.20 Å². The van der Waals surface area contributed by atoms with Crippen LogP contribution in [-0.2, 0) is 16.9 Å². The van der Waals surface area contributed by atoms with Gasteiger partial charge in [-0.1, -0.05) is 23.2 Å². The van der Waals surface area contributed by atoms with Crippen LogP contribution in [0, 0.1) is 0 Å². The third-order valence-electron chi connectivity index (χ3n) is 2.18. The molecule has 0 fully saturated rings. The molecule has 1 heterocycles. The van der Waals surface area contributed by atoms with E-state index >= 15 is 0 Å². The van der Waals surface area contributed by atoms with Crippen LogP contribution in [0.5, 0.6) is 0 Å². The summed E-state index contributed by atoms with van der Waals surface area (Å²) in [5, 5.41) is 0.861. The van der Waals surface area contributed by atoms with E-state index in [2.05, 4.69) is 9.97 Å². The summed E-state index contributed by atoms with van der Waals surface area (Å²) in [4.78, 5) is 17.7. The lowest BCUT2D eigenvalue weighted by molar-refractivity contribution is 0.593. The Morgan fingerprint density at radius 2 is 1.94 bits per heavy atom. The summed E-state index contributed by atoms with van der Waals surface area (Å²) in [5.41, 5.74) is -0.198. The highest BCUT2D eigenvalue weighted by Gasteiger charge is 2.15. The smallest absolute Gasteiger partial charge is 0.345 e. The molecule has 0 aliphatic rings. The Labute approximate surface area is 116 Å². The maximum absolute atomic E-state index is 12.0. The topological polar surface area (TPSA) is 68.8 Å². The summed E-state index contributed by atoms with van der Waals surface area (Å²) in [5.74, 6) is 0.0877. The maximum Gasteiger partial charge on any atom is 0.345 e. The molecule has 2 rings (SSSR count). The van der Waals surface area contributed by atoms with Gasteiger partial charge in [0.05, 0.1) is 5.02 Å². The van der Waals surface area contributed by atoms with Gasteiger partial charge in [-0.25, -0.2) is 4.79 Å². The lowest BCUT2D eigenvalue weighted by Crippen LogP contribution is -2.15. The van der Waals surface area contributed by atoms with E-state index in [1.54, 1.807) is 24.3 Å². The van der Waals surface area contributed by atoms with Crippen LogP contribution < -0.4 is 5.69 Å². The molecule has 4 nitrogen and oxygen atoms in total. The number of hydrogen-bond acceptors (Lipinski definition) is 3. The van der Waals surface area contributed by atoms with Gasteiger partial charge in [0.2, 0.25) is 0 Å². The zero-order valence-electron chi connectivity index (χ0n) is 9.02. The minimum absolute atomic E-state index is 0.0877. The van der Waals surface area contributed by atoms with Gasteiger partial charge in [0.25, 0.3) is 0 Å². The highest BCUT2D eigenvalue weighted by Crippen LogP contribution is 2.20. The van der Waals surface area contributed by atoms with Gasteiger partial charge in [0.1, 0.15) is 5.69 Å². The molecule has 0 saturated heterocycles. The SMILES string of the molecule is O=c1nc(C[S+]([O-])c2ccc(Cl)cc2)c(Cl)c[nH]1. The molecule has 18 heavy (non-hydrogen) atoms. The van der Waals surface area contributed by atoms with Crippen molar-refractivity contribution in [1.29, 1.82) is 0 Å². The first-order valence-corrected chi connectivity index (χ1v) is 7.02. The molecule has 7 heteroatoms. The van der Waals surface area contributed by atoms with Crippen LogP contribution in [0.4, 0.5) is 0 Å². The molecular weight excluding hydrogens is 295 g/mol. The Morgan fingerprint density at radius 3 is 2.61 bits per heavy atom. The van der Waals surface area contributed by atoms with E-state index in [0.29, 0.717) is 15.6 Å². The summed E-state index contributed by atoms with van der Waals surface area (Å²) in [6.45, 7) is 0. The van der Waals surface area contributed by atoms with Gasteiger partial charge < -0.3 is 9.54 Å². The number of aromatic amines is 1. The molecule has 0 radical (unpaired) electrons. The molecule has 0 bridgehead atoms. The molecule has 1 aromatic heterocycles. The van der Waals surface area contributed by atoms with Gasteiger partial charge in [0.15, 0.2) is 10.6 Å². The molecular formula is C11H8Cl2N2O2S. The summed E-state index contributed by atoms with van der Waals surface area (Å²) >= 11 is 10.3. The Hall–Kier alpha value is -1.01. The Balaban J connectivity index is 2.20. The summed E-state index contributed by atoms with van der Waals surface area (Å²) in [6.07, 6.45) is 1.34. The molecule has 0 saturated carbocycles. The molecule has 1 unspecified atom stereocenters.